The summed E-state index contributed by atoms with van der Waals surface area (Å²) in [5.41, 5.74) is 0.667. The van der Waals surface area contributed by atoms with Gasteiger partial charge in [0.2, 0.25) is 0 Å². The van der Waals surface area contributed by atoms with E-state index in [1.54, 1.807) is 12.3 Å². The van der Waals surface area contributed by atoms with Crippen molar-refractivity contribution in [1.82, 2.24) is 19.9 Å². The van der Waals surface area contributed by atoms with Crippen molar-refractivity contribution in [3.63, 3.8) is 0 Å². The van der Waals surface area contributed by atoms with Gasteiger partial charge in [-0.15, -0.1) is 0 Å². The number of hydrogen-bond donors (Lipinski definition) is 1. The first kappa shape index (κ1) is 19.4. The fourth-order valence-electron chi connectivity index (χ4n) is 3.67. The van der Waals surface area contributed by atoms with Crippen molar-refractivity contribution in [2.45, 2.75) is 65.0 Å². The highest BCUT2D eigenvalue weighted by molar-refractivity contribution is 5.94. The van der Waals surface area contributed by atoms with E-state index in [2.05, 4.69) is 37.9 Å². The summed E-state index contributed by atoms with van der Waals surface area (Å²) in [6, 6.07) is 3.81. The van der Waals surface area contributed by atoms with Crippen LogP contribution in [0.2, 0.25) is 0 Å². The third kappa shape index (κ3) is 4.87. The number of piperidine rings is 1. The number of anilines is 1. The molecule has 0 aliphatic carbocycles. The summed E-state index contributed by atoms with van der Waals surface area (Å²) in [6.45, 7) is 9.05. The van der Waals surface area contributed by atoms with Crippen LogP contribution >= 0.6 is 0 Å². The van der Waals surface area contributed by atoms with Crippen molar-refractivity contribution in [2.75, 3.05) is 18.0 Å². The van der Waals surface area contributed by atoms with Gasteiger partial charge >= 0.3 is 0 Å². The zero-order valence-corrected chi connectivity index (χ0v) is 16.7. The number of carbonyl (C=O) groups is 1. The van der Waals surface area contributed by atoms with Crippen LogP contribution in [0.25, 0.3) is 0 Å². The first-order valence-electron chi connectivity index (χ1n) is 10.1. The van der Waals surface area contributed by atoms with Crippen LogP contribution in [-0.4, -0.2) is 39.6 Å². The molecule has 1 aliphatic rings. The Morgan fingerprint density at radius 2 is 2.19 bits per heavy atom. The number of unbranched alkanes of at least 4 members (excludes halogenated alkanes) is 1. The monoisotopic (exact) mass is 369 g/mol. The minimum absolute atomic E-state index is 0.0441. The quantitative estimate of drug-likeness (QED) is 0.810. The maximum absolute atomic E-state index is 12.3. The Balaban J connectivity index is 1.73. The molecule has 3 heterocycles. The molecule has 1 amide bonds. The van der Waals surface area contributed by atoms with E-state index < -0.39 is 0 Å². The summed E-state index contributed by atoms with van der Waals surface area (Å²) in [5.74, 6) is 2.42. The SMILES string of the molecule is CCCCn1ccnc1[C@H]1CCCN(c2cc(C(=O)NC(C)C)ccn2)C1. The Kier molecular flexibility index (Phi) is 6.48. The number of amides is 1. The first-order valence-corrected chi connectivity index (χ1v) is 10.1. The van der Waals surface area contributed by atoms with Crippen LogP contribution in [0.3, 0.4) is 0 Å². The molecule has 3 rings (SSSR count). The average Bonchev–Trinajstić information content (AvgIpc) is 3.14. The molecule has 1 fully saturated rings. The molecule has 1 atom stereocenters. The van der Waals surface area contributed by atoms with E-state index in [-0.39, 0.29) is 11.9 Å². The van der Waals surface area contributed by atoms with E-state index in [4.69, 9.17) is 0 Å². The minimum Gasteiger partial charge on any atom is -0.356 e. The zero-order valence-electron chi connectivity index (χ0n) is 16.7. The number of nitrogens with zero attached hydrogens (tertiary/aromatic N) is 4. The predicted octanol–water partition coefficient (Wildman–Crippen LogP) is 3.60. The topological polar surface area (TPSA) is 63.1 Å². The standard InChI is InChI=1S/C21H31N5O/c1-4-5-11-25-13-10-23-20(25)18-7-6-12-26(15-18)19-14-17(8-9-22-19)21(27)24-16(2)3/h8-10,13-14,16,18H,4-7,11-12,15H2,1-3H3,(H,24,27)/t18-/m0/s1. The van der Waals surface area contributed by atoms with Crippen LogP contribution < -0.4 is 10.2 Å². The number of imidazole rings is 1. The van der Waals surface area contributed by atoms with Crippen LogP contribution in [0.1, 0.15) is 68.6 Å². The van der Waals surface area contributed by atoms with Gasteiger partial charge < -0.3 is 14.8 Å². The Morgan fingerprint density at radius 1 is 1.33 bits per heavy atom. The number of hydrogen-bond acceptors (Lipinski definition) is 4. The maximum atomic E-state index is 12.3. The molecule has 1 saturated heterocycles. The first-order chi connectivity index (χ1) is 13.1. The van der Waals surface area contributed by atoms with Crippen molar-refractivity contribution >= 4 is 11.7 Å². The second-order valence-corrected chi connectivity index (χ2v) is 7.65. The molecule has 0 saturated carbocycles. The number of aromatic nitrogens is 3. The summed E-state index contributed by atoms with van der Waals surface area (Å²) in [5, 5.41) is 2.95. The van der Waals surface area contributed by atoms with Crippen LogP contribution in [0.15, 0.2) is 30.7 Å². The molecule has 2 aromatic heterocycles. The molecule has 2 aromatic rings. The molecule has 146 valence electrons. The molecule has 0 spiro atoms. The van der Waals surface area contributed by atoms with Crippen LogP contribution in [0.5, 0.6) is 0 Å². The van der Waals surface area contributed by atoms with Gasteiger partial charge in [0, 0.05) is 55.7 Å². The van der Waals surface area contributed by atoms with Gasteiger partial charge in [0.15, 0.2) is 0 Å². The summed E-state index contributed by atoms with van der Waals surface area (Å²) in [7, 11) is 0. The normalized spacial score (nSPS) is 17.3. The summed E-state index contributed by atoms with van der Waals surface area (Å²) in [6.07, 6.45) is 10.4. The van der Waals surface area contributed by atoms with E-state index in [1.807, 2.05) is 26.1 Å². The third-order valence-corrected chi connectivity index (χ3v) is 5.04. The van der Waals surface area contributed by atoms with Crippen molar-refractivity contribution in [3.05, 3.63) is 42.1 Å². The Bertz CT molecular complexity index is 755. The Morgan fingerprint density at radius 3 is 2.96 bits per heavy atom. The second kappa shape index (κ2) is 9.02. The molecule has 1 aliphatic heterocycles. The molecular weight excluding hydrogens is 338 g/mol. The van der Waals surface area contributed by atoms with Gasteiger partial charge in [0.05, 0.1) is 0 Å². The van der Waals surface area contributed by atoms with Gasteiger partial charge in [-0.2, -0.15) is 0 Å². The lowest BCUT2D eigenvalue weighted by molar-refractivity contribution is 0.0943. The van der Waals surface area contributed by atoms with Gasteiger partial charge in [-0.05, 0) is 45.2 Å². The highest BCUT2D eigenvalue weighted by atomic mass is 16.1. The van der Waals surface area contributed by atoms with Crippen molar-refractivity contribution < 1.29 is 4.79 Å². The number of nitrogens with one attached hydrogen (secondary N) is 1. The molecule has 6 nitrogen and oxygen atoms in total. The minimum atomic E-state index is -0.0441. The molecule has 1 N–H and O–H groups in total. The zero-order chi connectivity index (χ0) is 19.2. The van der Waals surface area contributed by atoms with Gasteiger partial charge in [-0.25, -0.2) is 9.97 Å². The smallest absolute Gasteiger partial charge is 0.251 e. The lowest BCUT2D eigenvalue weighted by Crippen LogP contribution is -2.36. The fourth-order valence-corrected chi connectivity index (χ4v) is 3.67. The number of pyridine rings is 1. The fraction of sp³-hybridized carbons (Fsp3) is 0.571. The van der Waals surface area contributed by atoms with Gasteiger partial charge in [-0.3, -0.25) is 4.79 Å². The summed E-state index contributed by atoms with van der Waals surface area (Å²) >= 11 is 0. The van der Waals surface area contributed by atoms with E-state index in [9.17, 15) is 4.79 Å². The molecule has 0 bridgehead atoms. The lowest BCUT2D eigenvalue weighted by Gasteiger charge is -2.33. The largest absolute Gasteiger partial charge is 0.356 e. The molecular formula is C21H31N5O. The predicted molar refractivity (Wildman–Crippen MR) is 108 cm³/mol. The van der Waals surface area contributed by atoms with E-state index >= 15 is 0 Å². The number of carbonyl (C=O) groups excluding carboxylic acids is 1. The highest BCUT2D eigenvalue weighted by Crippen LogP contribution is 2.29. The Hall–Kier alpha value is -2.37. The third-order valence-electron chi connectivity index (χ3n) is 5.04. The molecule has 6 heteroatoms. The maximum Gasteiger partial charge on any atom is 0.251 e. The van der Waals surface area contributed by atoms with E-state index in [0.717, 1.165) is 38.3 Å². The molecule has 0 aromatic carbocycles. The average molecular weight is 370 g/mol. The summed E-state index contributed by atoms with van der Waals surface area (Å²) in [4.78, 5) is 23.8. The molecule has 0 unspecified atom stereocenters. The van der Waals surface area contributed by atoms with Gasteiger partial charge in [0.25, 0.3) is 5.91 Å². The van der Waals surface area contributed by atoms with Crippen LogP contribution in [0.4, 0.5) is 5.82 Å². The molecule has 27 heavy (non-hydrogen) atoms. The number of rotatable bonds is 7. The summed E-state index contributed by atoms with van der Waals surface area (Å²) < 4.78 is 2.30. The van der Waals surface area contributed by atoms with Crippen LogP contribution in [-0.2, 0) is 6.54 Å². The highest BCUT2D eigenvalue weighted by Gasteiger charge is 2.25. The van der Waals surface area contributed by atoms with Crippen molar-refractivity contribution in [1.29, 1.82) is 0 Å². The van der Waals surface area contributed by atoms with Crippen LogP contribution in [0, 0.1) is 0 Å². The van der Waals surface area contributed by atoms with E-state index in [1.165, 1.54) is 18.7 Å². The Labute approximate surface area is 162 Å². The van der Waals surface area contributed by atoms with E-state index in [0.29, 0.717) is 11.5 Å². The lowest BCUT2D eigenvalue weighted by atomic mass is 9.97. The van der Waals surface area contributed by atoms with Gasteiger partial charge in [-0.1, -0.05) is 13.3 Å². The van der Waals surface area contributed by atoms with Crippen molar-refractivity contribution in [3.8, 4) is 0 Å². The second-order valence-electron chi connectivity index (χ2n) is 7.65. The van der Waals surface area contributed by atoms with Crippen molar-refractivity contribution in [2.24, 2.45) is 0 Å². The molecule has 0 radical (unpaired) electrons. The van der Waals surface area contributed by atoms with Gasteiger partial charge in [0.1, 0.15) is 11.6 Å². The number of aryl methyl sites for hydroxylation is 1.